The van der Waals surface area contributed by atoms with Gasteiger partial charge in [0.2, 0.25) is 0 Å². The van der Waals surface area contributed by atoms with Gasteiger partial charge in [-0.3, -0.25) is 0 Å². The lowest BCUT2D eigenvalue weighted by atomic mass is 10.1. The molecule has 88 valence electrons. The molecule has 2 rings (SSSR count). The van der Waals surface area contributed by atoms with Gasteiger partial charge in [-0.1, -0.05) is 29.3 Å². The molecular formula is C12H16Cl2N2. The maximum absolute atomic E-state index is 6.17. The molecule has 0 aromatic heterocycles. The van der Waals surface area contributed by atoms with Crippen molar-refractivity contribution in [2.24, 2.45) is 0 Å². The first-order chi connectivity index (χ1) is 7.66. The second-order valence-electron chi connectivity index (χ2n) is 4.24. The van der Waals surface area contributed by atoms with E-state index in [0.29, 0.717) is 11.1 Å². The van der Waals surface area contributed by atoms with E-state index < -0.39 is 0 Å². The zero-order valence-corrected chi connectivity index (χ0v) is 10.8. The van der Waals surface area contributed by atoms with Crippen molar-refractivity contribution in [3.63, 3.8) is 0 Å². The molecule has 1 aromatic carbocycles. The fraction of sp³-hybridized carbons (Fsp3) is 0.500. The first kappa shape index (κ1) is 12.2. The van der Waals surface area contributed by atoms with Gasteiger partial charge in [0.1, 0.15) is 0 Å². The van der Waals surface area contributed by atoms with Crippen molar-refractivity contribution in [1.29, 1.82) is 0 Å². The molecule has 0 radical (unpaired) electrons. The van der Waals surface area contributed by atoms with Crippen molar-refractivity contribution in [2.45, 2.75) is 25.4 Å². The Balaban J connectivity index is 2.04. The van der Waals surface area contributed by atoms with Crippen molar-refractivity contribution >= 4 is 23.2 Å². The summed E-state index contributed by atoms with van der Waals surface area (Å²) in [6, 6.07) is 6.47. The molecule has 0 bridgehead atoms. The monoisotopic (exact) mass is 258 g/mol. The highest BCUT2D eigenvalue weighted by atomic mass is 35.5. The minimum absolute atomic E-state index is 0.259. The molecular weight excluding hydrogens is 243 g/mol. The Labute approximate surface area is 106 Å². The van der Waals surface area contributed by atoms with Gasteiger partial charge in [0.25, 0.3) is 0 Å². The van der Waals surface area contributed by atoms with E-state index in [1.165, 1.54) is 6.42 Å². The van der Waals surface area contributed by atoms with Crippen LogP contribution in [0, 0.1) is 0 Å². The summed E-state index contributed by atoms with van der Waals surface area (Å²) in [5, 5.41) is 8.32. The largest absolute Gasteiger partial charge is 0.315 e. The van der Waals surface area contributed by atoms with Crippen molar-refractivity contribution in [1.82, 2.24) is 10.6 Å². The topological polar surface area (TPSA) is 24.1 Å². The van der Waals surface area contributed by atoms with Crippen molar-refractivity contribution in [2.75, 3.05) is 13.1 Å². The summed E-state index contributed by atoms with van der Waals surface area (Å²) >= 11 is 12.0. The number of halogens is 2. The highest BCUT2D eigenvalue weighted by Crippen LogP contribution is 2.26. The van der Waals surface area contributed by atoms with E-state index in [2.05, 4.69) is 17.6 Å². The first-order valence-electron chi connectivity index (χ1n) is 5.58. The number of benzene rings is 1. The Kier molecular flexibility index (Phi) is 4.09. The van der Waals surface area contributed by atoms with Gasteiger partial charge < -0.3 is 10.6 Å². The van der Waals surface area contributed by atoms with Crippen LogP contribution in [0.2, 0.25) is 10.0 Å². The summed E-state index contributed by atoms with van der Waals surface area (Å²) in [6.45, 7) is 4.27. The molecule has 2 nitrogen and oxygen atoms in total. The Morgan fingerprint density at radius 1 is 1.44 bits per heavy atom. The number of rotatable bonds is 3. The van der Waals surface area contributed by atoms with Crippen LogP contribution in [0.25, 0.3) is 0 Å². The summed E-state index contributed by atoms with van der Waals surface area (Å²) < 4.78 is 0. The molecule has 1 aromatic rings. The van der Waals surface area contributed by atoms with Crippen LogP contribution in [0.4, 0.5) is 0 Å². The van der Waals surface area contributed by atoms with Crippen LogP contribution in [-0.4, -0.2) is 19.1 Å². The lowest BCUT2D eigenvalue weighted by molar-refractivity contribution is 0.478. The summed E-state index contributed by atoms with van der Waals surface area (Å²) in [5.74, 6) is 0. The van der Waals surface area contributed by atoms with E-state index in [1.54, 1.807) is 6.07 Å². The Morgan fingerprint density at radius 2 is 2.25 bits per heavy atom. The smallest absolute Gasteiger partial charge is 0.0468 e. The Bertz CT molecular complexity index is 362. The number of nitrogens with one attached hydrogen (secondary N) is 2. The Hall–Kier alpha value is -0.280. The van der Waals surface area contributed by atoms with Gasteiger partial charge >= 0.3 is 0 Å². The molecule has 1 saturated heterocycles. The molecule has 0 amide bonds. The van der Waals surface area contributed by atoms with E-state index in [1.807, 2.05) is 12.1 Å². The van der Waals surface area contributed by atoms with E-state index in [0.717, 1.165) is 23.7 Å². The molecule has 1 heterocycles. The third kappa shape index (κ3) is 2.89. The van der Waals surface area contributed by atoms with E-state index >= 15 is 0 Å². The van der Waals surface area contributed by atoms with Gasteiger partial charge in [-0.25, -0.2) is 0 Å². The molecule has 2 unspecified atom stereocenters. The fourth-order valence-corrected chi connectivity index (χ4v) is 2.67. The number of hydrogen-bond donors (Lipinski definition) is 2. The maximum Gasteiger partial charge on any atom is 0.0468 e. The van der Waals surface area contributed by atoms with Crippen molar-refractivity contribution < 1.29 is 0 Å². The Morgan fingerprint density at radius 3 is 2.88 bits per heavy atom. The molecule has 2 N–H and O–H groups in total. The third-order valence-electron chi connectivity index (χ3n) is 2.98. The van der Waals surface area contributed by atoms with Crippen LogP contribution in [0.5, 0.6) is 0 Å². The van der Waals surface area contributed by atoms with Gasteiger partial charge in [-0.05, 0) is 37.6 Å². The summed E-state index contributed by atoms with van der Waals surface area (Å²) in [4.78, 5) is 0. The SMILES string of the molecule is CC(NC1CCNC1)c1ccc(Cl)cc1Cl. The quantitative estimate of drug-likeness (QED) is 0.871. The maximum atomic E-state index is 6.17. The van der Waals surface area contributed by atoms with Gasteiger partial charge in [-0.2, -0.15) is 0 Å². The molecule has 4 heteroatoms. The lowest BCUT2D eigenvalue weighted by Gasteiger charge is -2.20. The molecule has 0 aliphatic carbocycles. The second kappa shape index (κ2) is 5.37. The average Bonchev–Trinajstić information content (AvgIpc) is 2.70. The van der Waals surface area contributed by atoms with Crippen LogP contribution in [0.15, 0.2) is 18.2 Å². The van der Waals surface area contributed by atoms with Crippen LogP contribution in [0.1, 0.15) is 24.9 Å². The lowest BCUT2D eigenvalue weighted by Crippen LogP contribution is -2.33. The summed E-state index contributed by atoms with van der Waals surface area (Å²) in [5.41, 5.74) is 1.11. The summed E-state index contributed by atoms with van der Waals surface area (Å²) in [6.07, 6.45) is 1.18. The van der Waals surface area contributed by atoms with Crippen LogP contribution < -0.4 is 10.6 Å². The minimum Gasteiger partial charge on any atom is -0.315 e. The van der Waals surface area contributed by atoms with Crippen LogP contribution in [0.3, 0.4) is 0 Å². The molecule has 1 fully saturated rings. The van der Waals surface area contributed by atoms with E-state index in [9.17, 15) is 0 Å². The molecule has 2 atom stereocenters. The zero-order chi connectivity index (χ0) is 11.5. The van der Waals surface area contributed by atoms with Gasteiger partial charge in [0.05, 0.1) is 0 Å². The molecule has 0 spiro atoms. The molecule has 1 aliphatic rings. The predicted molar refractivity (Wildman–Crippen MR) is 69.3 cm³/mol. The second-order valence-corrected chi connectivity index (χ2v) is 5.09. The zero-order valence-electron chi connectivity index (χ0n) is 9.26. The predicted octanol–water partition coefficient (Wildman–Crippen LogP) is 3.01. The highest BCUT2D eigenvalue weighted by molar-refractivity contribution is 6.35. The molecule has 16 heavy (non-hydrogen) atoms. The number of hydrogen-bond acceptors (Lipinski definition) is 2. The highest BCUT2D eigenvalue weighted by Gasteiger charge is 2.18. The summed E-state index contributed by atoms with van der Waals surface area (Å²) in [7, 11) is 0. The van der Waals surface area contributed by atoms with Crippen LogP contribution >= 0.6 is 23.2 Å². The van der Waals surface area contributed by atoms with Crippen molar-refractivity contribution in [3.05, 3.63) is 33.8 Å². The molecule has 0 saturated carbocycles. The third-order valence-corrected chi connectivity index (χ3v) is 3.54. The van der Waals surface area contributed by atoms with Crippen molar-refractivity contribution in [3.8, 4) is 0 Å². The van der Waals surface area contributed by atoms with Gasteiger partial charge in [0.15, 0.2) is 0 Å². The molecule has 1 aliphatic heterocycles. The standard InChI is InChI=1S/C12H16Cl2N2/c1-8(16-10-4-5-15-7-10)11-3-2-9(13)6-12(11)14/h2-3,6,8,10,15-16H,4-5,7H2,1H3. The van der Waals surface area contributed by atoms with Crippen LogP contribution in [-0.2, 0) is 0 Å². The average molecular weight is 259 g/mol. The van der Waals surface area contributed by atoms with E-state index in [-0.39, 0.29) is 6.04 Å². The van der Waals surface area contributed by atoms with Gasteiger partial charge in [-0.15, -0.1) is 0 Å². The van der Waals surface area contributed by atoms with Gasteiger partial charge in [0, 0.05) is 28.7 Å². The first-order valence-corrected chi connectivity index (χ1v) is 6.34. The van der Waals surface area contributed by atoms with E-state index in [4.69, 9.17) is 23.2 Å². The fourth-order valence-electron chi connectivity index (χ4n) is 2.09. The normalized spacial score (nSPS) is 22.3. The minimum atomic E-state index is 0.259.